The first kappa shape index (κ1) is 12.9. The Morgan fingerprint density at radius 3 is 3.21 bits per heavy atom. The summed E-state index contributed by atoms with van der Waals surface area (Å²) in [7, 11) is 0. The van der Waals surface area contributed by atoms with Crippen molar-refractivity contribution < 1.29 is 0 Å². The van der Waals surface area contributed by atoms with Crippen molar-refractivity contribution >= 4 is 27.4 Å². The van der Waals surface area contributed by atoms with Crippen LogP contribution in [-0.4, -0.2) is 45.4 Å². The van der Waals surface area contributed by atoms with Crippen molar-refractivity contribution in [1.29, 1.82) is 0 Å². The van der Waals surface area contributed by atoms with Gasteiger partial charge in [-0.25, -0.2) is 9.97 Å². The molecule has 19 heavy (non-hydrogen) atoms. The van der Waals surface area contributed by atoms with Crippen molar-refractivity contribution in [3.8, 4) is 0 Å². The molecule has 6 heteroatoms. The Balaban J connectivity index is 1.70. The van der Waals surface area contributed by atoms with E-state index in [-0.39, 0.29) is 0 Å². The van der Waals surface area contributed by atoms with Crippen LogP contribution in [0.2, 0.25) is 0 Å². The van der Waals surface area contributed by atoms with Crippen LogP contribution in [0.25, 0.3) is 5.65 Å². The number of likely N-dealkylation sites (tertiary alicyclic amines) is 1. The molecule has 3 rings (SSSR count). The molecule has 1 fully saturated rings. The molecule has 2 aromatic heterocycles. The Morgan fingerprint density at radius 1 is 1.53 bits per heavy atom. The van der Waals surface area contributed by atoms with Crippen LogP contribution in [0, 0.1) is 5.92 Å². The fourth-order valence-electron chi connectivity index (χ4n) is 2.63. The molecule has 2 aromatic rings. The Kier molecular flexibility index (Phi) is 3.70. The molecule has 3 heterocycles. The molecule has 1 N–H and O–H groups in total. The molecule has 1 aliphatic heterocycles. The fraction of sp³-hybridized carbons (Fsp3) is 0.538. The molecular weight excluding hydrogens is 306 g/mol. The molecule has 0 spiro atoms. The number of aromatic nitrogens is 3. The average molecular weight is 324 g/mol. The number of nitrogens with one attached hydrogen (secondary N) is 1. The van der Waals surface area contributed by atoms with Crippen molar-refractivity contribution in [2.75, 3.05) is 31.5 Å². The zero-order valence-electron chi connectivity index (χ0n) is 11.0. The number of hydrogen-bond acceptors (Lipinski definition) is 4. The Hall–Kier alpha value is -1.14. The van der Waals surface area contributed by atoms with Gasteiger partial charge < -0.3 is 14.6 Å². The Labute approximate surface area is 121 Å². The summed E-state index contributed by atoms with van der Waals surface area (Å²) >= 11 is 3.43. The van der Waals surface area contributed by atoms with E-state index in [0.29, 0.717) is 5.92 Å². The fourth-order valence-corrected chi connectivity index (χ4v) is 3.03. The highest BCUT2D eigenvalue weighted by Crippen LogP contribution is 2.20. The number of fused-ring (bicyclic) bond motifs is 1. The second-order valence-electron chi connectivity index (χ2n) is 5.00. The van der Waals surface area contributed by atoms with Crippen LogP contribution in [0.4, 0.5) is 5.82 Å². The van der Waals surface area contributed by atoms with Gasteiger partial charge in [-0.15, -0.1) is 0 Å². The Bertz CT molecular complexity index is 567. The highest BCUT2D eigenvalue weighted by molar-refractivity contribution is 9.10. The highest BCUT2D eigenvalue weighted by atomic mass is 79.9. The van der Waals surface area contributed by atoms with Crippen LogP contribution in [-0.2, 0) is 0 Å². The van der Waals surface area contributed by atoms with Gasteiger partial charge in [0.15, 0.2) is 11.5 Å². The SMILES string of the molecule is CCN1CCC(CNc2nc(Br)cn3ccnc23)C1. The van der Waals surface area contributed by atoms with E-state index >= 15 is 0 Å². The summed E-state index contributed by atoms with van der Waals surface area (Å²) in [4.78, 5) is 11.3. The molecule has 0 radical (unpaired) electrons. The van der Waals surface area contributed by atoms with Crippen LogP contribution < -0.4 is 5.32 Å². The van der Waals surface area contributed by atoms with E-state index in [4.69, 9.17) is 0 Å². The molecular formula is C13H18BrN5. The zero-order valence-corrected chi connectivity index (χ0v) is 12.6. The molecule has 5 nitrogen and oxygen atoms in total. The van der Waals surface area contributed by atoms with E-state index in [9.17, 15) is 0 Å². The van der Waals surface area contributed by atoms with Gasteiger partial charge in [-0.2, -0.15) is 0 Å². The monoisotopic (exact) mass is 323 g/mol. The van der Waals surface area contributed by atoms with Gasteiger partial charge in [0.05, 0.1) is 0 Å². The van der Waals surface area contributed by atoms with Gasteiger partial charge in [-0.3, -0.25) is 0 Å². The normalized spacial score (nSPS) is 20.2. The van der Waals surface area contributed by atoms with E-state index in [1.54, 1.807) is 6.20 Å². The second-order valence-corrected chi connectivity index (χ2v) is 5.81. The third kappa shape index (κ3) is 2.74. The summed E-state index contributed by atoms with van der Waals surface area (Å²) in [6.45, 7) is 6.73. The lowest BCUT2D eigenvalue weighted by atomic mass is 10.1. The molecule has 0 bridgehead atoms. The predicted octanol–water partition coefficient (Wildman–Crippen LogP) is 2.25. The smallest absolute Gasteiger partial charge is 0.180 e. The van der Waals surface area contributed by atoms with E-state index in [1.165, 1.54) is 19.5 Å². The third-order valence-corrected chi connectivity index (χ3v) is 4.10. The standard InChI is InChI=1S/C13H18BrN5/c1-2-18-5-3-10(8-18)7-16-12-13-15-4-6-19(13)9-11(14)17-12/h4,6,9-10H,2-3,5,7-8H2,1H3,(H,16,17). The molecule has 0 saturated carbocycles. The predicted molar refractivity (Wildman–Crippen MR) is 79.4 cm³/mol. The number of imidazole rings is 1. The first-order chi connectivity index (χ1) is 9.26. The molecule has 0 amide bonds. The lowest BCUT2D eigenvalue weighted by molar-refractivity contribution is 0.345. The van der Waals surface area contributed by atoms with Gasteiger partial charge in [-0.05, 0) is 41.4 Å². The van der Waals surface area contributed by atoms with Crippen LogP contribution >= 0.6 is 15.9 Å². The molecule has 0 aliphatic carbocycles. The average Bonchev–Trinajstić information content (AvgIpc) is 3.03. The van der Waals surface area contributed by atoms with Crippen LogP contribution in [0.15, 0.2) is 23.2 Å². The third-order valence-electron chi connectivity index (χ3n) is 3.72. The Morgan fingerprint density at radius 2 is 2.42 bits per heavy atom. The lowest BCUT2D eigenvalue weighted by Gasteiger charge is -2.14. The first-order valence-corrected chi connectivity index (χ1v) is 7.51. The summed E-state index contributed by atoms with van der Waals surface area (Å²) in [5.74, 6) is 1.56. The minimum Gasteiger partial charge on any atom is -0.367 e. The maximum Gasteiger partial charge on any atom is 0.180 e. The van der Waals surface area contributed by atoms with Gasteiger partial charge >= 0.3 is 0 Å². The van der Waals surface area contributed by atoms with Gasteiger partial charge in [0.25, 0.3) is 0 Å². The minimum absolute atomic E-state index is 0.704. The van der Waals surface area contributed by atoms with E-state index in [1.807, 2.05) is 16.8 Å². The van der Waals surface area contributed by atoms with Crippen molar-refractivity contribution in [2.24, 2.45) is 5.92 Å². The van der Waals surface area contributed by atoms with Crippen molar-refractivity contribution in [3.05, 3.63) is 23.2 Å². The maximum absolute atomic E-state index is 4.48. The van der Waals surface area contributed by atoms with Crippen LogP contribution in [0.5, 0.6) is 0 Å². The minimum atomic E-state index is 0.704. The summed E-state index contributed by atoms with van der Waals surface area (Å²) < 4.78 is 2.80. The zero-order chi connectivity index (χ0) is 13.2. The molecule has 1 atom stereocenters. The maximum atomic E-state index is 4.48. The molecule has 102 valence electrons. The van der Waals surface area contributed by atoms with E-state index < -0.39 is 0 Å². The highest BCUT2D eigenvalue weighted by Gasteiger charge is 2.21. The number of nitrogens with zero attached hydrogens (tertiary/aromatic N) is 4. The second kappa shape index (κ2) is 5.46. The summed E-state index contributed by atoms with van der Waals surface area (Å²) in [6.07, 6.45) is 6.91. The number of rotatable bonds is 4. The van der Waals surface area contributed by atoms with Crippen LogP contribution in [0.1, 0.15) is 13.3 Å². The largest absolute Gasteiger partial charge is 0.367 e. The summed E-state index contributed by atoms with van der Waals surface area (Å²) in [5, 5.41) is 3.45. The first-order valence-electron chi connectivity index (χ1n) is 6.71. The van der Waals surface area contributed by atoms with Gasteiger partial charge in [-0.1, -0.05) is 6.92 Å². The van der Waals surface area contributed by atoms with Gasteiger partial charge in [0.2, 0.25) is 0 Å². The quantitative estimate of drug-likeness (QED) is 0.937. The van der Waals surface area contributed by atoms with E-state index in [0.717, 1.165) is 29.2 Å². The topological polar surface area (TPSA) is 45.5 Å². The lowest BCUT2D eigenvalue weighted by Crippen LogP contribution is -2.22. The summed E-state index contributed by atoms with van der Waals surface area (Å²) in [5.41, 5.74) is 0.883. The van der Waals surface area contributed by atoms with Crippen molar-refractivity contribution in [2.45, 2.75) is 13.3 Å². The number of anilines is 1. The number of halogens is 1. The summed E-state index contributed by atoms with van der Waals surface area (Å²) in [6, 6.07) is 0. The van der Waals surface area contributed by atoms with Crippen LogP contribution in [0.3, 0.4) is 0 Å². The van der Waals surface area contributed by atoms with E-state index in [2.05, 4.69) is 43.0 Å². The van der Waals surface area contributed by atoms with Gasteiger partial charge in [0, 0.05) is 31.7 Å². The van der Waals surface area contributed by atoms with Gasteiger partial charge in [0.1, 0.15) is 4.60 Å². The molecule has 0 aromatic carbocycles. The molecule has 1 unspecified atom stereocenters. The van der Waals surface area contributed by atoms with Crippen molar-refractivity contribution in [3.63, 3.8) is 0 Å². The molecule has 1 saturated heterocycles. The molecule has 1 aliphatic rings. The number of hydrogen-bond donors (Lipinski definition) is 1. The van der Waals surface area contributed by atoms with Crippen molar-refractivity contribution in [1.82, 2.24) is 19.3 Å².